The number of hydrogen-bond donors (Lipinski definition) is 3. The number of anilines is 1. The maximum Gasteiger partial charge on any atom is 0.267 e. The standard InChI is InChI=1S/C14H17N3O4/c1-20-11-3-4-13(21-2)12(7-11)17-14(19)10(8-15)9-16-5-6-18/h3-4,7,9,16,18H,5-6H2,1-2H3,(H,17,19)/b10-9-. The predicted molar refractivity (Wildman–Crippen MR) is 77.0 cm³/mol. The molecule has 21 heavy (non-hydrogen) atoms. The minimum atomic E-state index is -0.588. The molecule has 0 aliphatic carbocycles. The third-order valence-corrected chi connectivity index (χ3v) is 2.52. The number of amides is 1. The van der Waals surface area contributed by atoms with Crippen molar-refractivity contribution in [3.63, 3.8) is 0 Å². The summed E-state index contributed by atoms with van der Waals surface area (Å²) in [5.74, 6) is 0.409. The van der Waals surface area contributed by atoms with Crippen LogP contribution in [0.3, 0.4) is 0 Å². The van der Waals surface area contributed by atoms with Crippen molar-refractivity contribution in [2.24, 2.45) is 0 Å². The summed E-state index contributed by atoms with van der Waals surface area (Å²) in [5, 5.41) is 22.8. The van der Waals surface area contributed by atoms with Crippen molar-refractivity contribution in [3.8, 4) is 17.6 Å². The first-order chi connectivity index (χ1) is 10.2. The van der Waals surface area contributed by atoms with E-state index in [4.69, 9.17) is 19.8 Å². The van der Waals surface area contributed by atoms with Crippen LogP contribution >= 0.6 is 0 Å². The van der Waals surface area contributed by atoms with Gasteiger partial charge in [0, 0.05) is 18.8 Å². The van der Waals surface area contributed by atoms with Gasteiger partial charge in [-0.2, -0.15) is 5.26 Å². The summed E-state index contributed by atoms with van der Waals surface area (Å²) in [6.45, 7) is 0.154. The highest BCUT2D eigenvalue weighted by Gasteiger charge is 2.13. The fourth-order valence-electron chi connectivity index (χ4n) is 1.49. The molecular formula is C14H17N3O4. The van der Waals surface area contributed by atoms with E-state index in [1.165, 1.54) is 20.4 Å². The Kier molecular flexibility index (Phi) is 6.57. The van der Waals surface area contributed by atoms with Crippen LogP contribution in [0.4, 0.5) is 5.69 Å². The molecule has 0 spiro atoms. The van der Waals surface area contributed by atoms with Crippen molar-refractivity contribution >= 4 is 11.6 Å². The van der Waals surface area contributed by atoms with Crippen molar-refractivity contribution in [1.82, 2.24) is 5.32 Å². The number of hydrogen-bond acceptors (Lipinski definition) is 6. The summed E-state index contributed by atoms with van der Waals surface area (Å²) >= 11 is 0. The Hall–Kier alpha value is -2.72. The van der Waals surface area contributed by atoms with Gasteiger partial charge in [-0.3, -0.25) is 4.79 Å². The number of ether oxygens (including phenoxy) is 2. The lowest BCUT2D eigenvalue weighted by molar-refractivity contribution is -0.112. The lowest BCUT2D eigenvalue weighted by atomic mass is 10.2. The first-order valence-corrected chi connectivity index (χ1v) is 6.14. The van der Waals surface area contributed by atoms with Crippen LogP contribution in [0.15, 0.2) is 30.0 Å². The number of aliphatic hydroxyl groups is 1. The van der Waals surface area contributed by atoms with Crippen LogP contribution in [0, 0.1) is 11.3 Å². The number of nitrogens with zero attached hydrogens (tertiary/aromatic N) is 1. The highest BCUT2D eigenvalue weighted by molar-refractivity contribution is 6.07. The zero-order chi connectivity index (χ0) is 15.7. The highest BCUT2D eigenvalue weighted by atomic mass is 16.5. The summed E-state index contributed by atoms with van der Waals surface area (Å²) in [5.41, 5.74) is 0.276. The second-order valence-electron chi connectivity index (χ2n) is 3.87. The highest BCUT2D eigenvalue weighted by Crippen LogP contribution is 2.29. The maximum atomic E-state index is 12.0. The number of rotatable bonds is 7. The average molecular weight is 291 g/mol. The van der Waals surface area contributed by atoms with Crippen molar-refractivity contribution < 1.29 is 19.4 Å². The molecule has 3 N–H and O–H groups in total. The number of aliphatic hydroxyl groups excluding tert-OH is 1. The molecule has 0 saturated heterocycles. The second-order valence-corrected chi connectivity index (χ2v) is 3.87. The second kappa shape index (κ2) is 8.45. The van der Waals surface area contributed by atoms with Crippen LogP contribution in [0.25, 0.3) is 0 Å². The van der Waals surface area contributed by atoms with Gasteiger partial charge in [-0.25, -0.2) is 0 Å². The number of nitrogens with one attached hydrogen (secondary N) is 2. The van der Waals surface area contributed by atoms with E-state index in [9.17, 15) is 4.79 Å². The van der Waals surface area contributed by atoms with Crippen molar-refractivity contribution in [2.45, 2.75) is 0 Å². The lowest BCUT2D eigenvalue weighted by Crippen LogP contribution is -2.18. The molecule has 0 heterocycles. The monoisotopic (exact) mass is 291 g/mol. The van der Waals surface area contributed by atoms with Crippen molar-refractivity contribution in [2.75, 3.05) is 32.7 Å². The number of carbonyl (C=O) groups is 1. The molecule has 1 aromatic rings. The number of nitriles is 1. The Morgan fingerprint density at radius 1 is 1.43 bits per heavy atom. The normalized spacial score (nSPS) is 10.5. The Bertz CT molecular complexity index is 564. The quantitative estimate of drug-likeness (QED) is 0.387. The summed E-state index contributed by atoms with van der Waals surface area (Å²) in [7, 11) is 2.98. The fourth-order valence-corrected chi connectivity index (χ4v) is 1.49. The molecule has 112 valence electrons. The van der Waals surface area contributed by atoms with Crippen molar-refractivity contribution in [1.29, 1.82) is 5.26 Å². The summed E-state index contributed by atoms with van der Waals surface area (Å²) < 4.78 is 10.2. The predicted octanol–water partition coefficient (Wildman–Crippen LogP) is 0.632. The molecule has 0 atom stereocenters. The topological polar surface area (TPSA) is 104 Å². The van der Waals surface area contributed by atoms with E-state index in [-0.39, 0.29) is 18.7 Å². The minimum Gasteiger partial charge on any atom is -0.497 e. The zero-order valence-electron chi connectivity index (χ0n) is 11.8. The summed E-state index contributed by atoms with van der Waals surface area (Å²) in [6.07, 6.45) is 1.25. The summed E-state index contributed by atoms with van der Waals surface area (Å²) in [4.78, 5) is 12.0. The molecule has 0 radical (unpaired) electrons. The minimum absolute atomic E-state index is 0.0967. The van der Waals surface area contributed by atoms with Gasteiger partial charge in [0.25, 0.3) is 5.91 Å². The Balaban J connectivity index is 2.91. The molecule has 0 unspecified atom stereocenters. The molecule has 7 heteroatoms. The molecule has 7 nitrogen and oxygen atoms in total. The number of methoxy groups -OCH3 is 2. The van der Waals surface area contributed by atoms with Gasteiger partial charge in [0.05, 0.1) is 26.5 Å². The number of benzene rings is 1. The smallest absolute Gasteiger partial charge is 0.267 e. The largest absolute Gasteiger partial charge is 0.497 e. The van der Waals surface area contributed by atoms with Crippen LogP contribution in [-0.4, -0.2) is 38.4 Å². The van der Waals surface area contributed by atoms with Gasteiger partial charge in [0.2, 0.25) is 0 Å². The van der Waals surface area contributed by atoms with Gasteiger partial charge in [-0.05, 0) is 12.1 Å². The molecule has 0 fully saturated rings. The van der Waals surface area contributed by atoms with E-state index in [0.29, 0.717) is 17.2 Å². The molecule has 0 aromatic heterocycles. The third-order valence-electron chi connectivity index (χ3n) is 2.52. The SMILES string of the molecule is COc1ccc(OC)c(NC(=O)/C(C#N)=C\NCCO)c1. The van der Waals surface area contributed by atoms with E-state index in [1.54, 1.807) is 24.3 Å². The molecule has 1 aromatic carbocycles. The Labute approximate surface area is 122 Å². The molecule has 0 saturated carbocycles. The molecule has 1 amide bonds. The molecule has 0 aliphatic rings. The maximum absolute atomic E-state index is 12.0. The molecule has 1 rings (SSSR count). The van der Waals surface area contributed by atoms with Crippen LogP contribution in [-0.2, 0) is 4.79 Å². The van der Waals surface area contributed by atoms with Gasteiger partial charge < -0.3 is 25.2 Å². The fraction of sp³-hybridized carbons (Fsp3) is 0.286. The Morgan fingerprint density at radius 2 is 2.19 bits per heavy atom. The van der Waals surface area contributed by atoms with Gasteiger partial charge in [-0.15, -0.1) is 0 Å². The molecule has 0 aliphatic heterocycles. The molecule has 0 bridgehead atoms. The van der Waals surface area contributed by atoms with Gasteiger partial charge >= 0.3 is 0 Å². The van der Waals surface area contributed by atoms with E-state index in [1.807, 2.05) is 0 Å². The van der Waals surface area contributed by atoms with E-state index >= 15 is 0 Å². The van der Waals surface area contributed by atoms with Crippen LogP contribution in [0.1, 0.15) is 0 Å². The number of carbonyl (C=O) groups excluding carboxylic acids is 1. The van der Waals surface area contributed by atoms with E-state index < -0.39 is 5.91 Å². The van der Waals surface area contributed by atoms with Gasteiger partial charge in [-0.1, -0.05) is 0 Å². The summed E-state index contributed by atoms with van der Waals surface area (Å²) in [6, 6.07) is 6.71. The third kappa shape index (κ3) is 4.71. The zero-order valence-corrected chi connectivity index (χ0v) is 11.8. The Morgan fingerprint density at radius 3 is 2.76 bits per heavy atom. The van der Waals surface area contributed by atoms with E-state index in [0.717, 1.165) is 0 Å². The molecular weight excluding hydrogens is 274 g/mol. The van der Waals surface area contributed by atoms with Crippen LogP contribution in [0.5, 0.6) is 11.5 Å². The van der Waals surface area contributed by atoms with Crippen LogP contribution in [0.2, 0.25) is 0 Å². The van der Waals surface area contributed by atoms with Gasteiger partial charge in [0.1, 0.15) is 23.1 Å². The first-order valence-electron chi connectivity index (χ1n) is 6.14. The first kappa shape index (κ1) is 16.3. The average Bonchev–Trinajstić information content (AvgIpc) is 2.51. The van der Waals surface area contributed by atoms with Crippen molar-refractivity contribution in [3.05, 3.63) is 30.0 Å². The van der Waals surface area contributed by atoms with Gasteiger partial charge in [0.15, 0.2) is 0 Å². The van der Waals surface area contributed by atoms with Crippen LogP contribution < -0.4 is 20.1 Å². The van der Waals surface area contributed by atoms with E-state index in [2.05, 4.69) is 10.6 Å². The lowest BCUT2D eigenvalue weighted by Gasteiger charge is -2.11.